The van der Waals surface area contributed by atoms with E-state index in [0.29, 0.717) is 12.1 Å². The Kier molecular flexibility index (Phi) is 2.00. The molecule has 1 aliphatic heterocycles. The van der Waals surface area contributed by atoms with Crippen LogP contribution in [0.15, 0.2) is 29.4 Å². The van der Waals surface area contributed by atoms with Crippen LogP contribution in [-0.4, -0.2) is 16.6 Å². The van der Waals surface area contributed by atoms with E-state index in [0.717, 1.165) is 5.56 Å². The molecule has 0 spiro atoms. The van der Waals surface area contributed by atoms with Crippen molar-refractivity contribution in [2.75, 3.05) is 0 Å². The van der Waals surface area contributed by atoms with Crippen LogP contribution in [0.2, 0.25) is 0 Å². The second-order valence-electron chi connectivity index (χ2n) is 3.49. The van der Waals surface area contributed by atoms with Crippen LogP contribution in [0.4, 0.5) is 4.39 Å². The minimum absolute atomic E-state index is 0.292. The molecule has 0 aliphatic carbocycles. The van der Waals surface area contributed by atoms with Gasteiger partial charge < -0.3 is 9.94 Å². The number of rotatable bonds is 1. The molecule has 1 heterocycles. The molecule has 0 radical (unpaired) electrons. The summed E-state index contributed by atoms with van der Waals surface area (Å²) in [6, 6.07) is 5.92. The van der Waals surface area contributed by atoms with Crippen LogP contribution >= 0.6 is 0 Å². The van der Waals surface area contributed by atoms with Gasteiger partial charge in [0.25, 0.3) is 0 Å². The summed E-state index contributed by atoms with van der Waals surface area (Å²) in [6.45, 7) is 1.53. The first-order valence-electron chi connectivity index (χ1n) is 4.30. The van der Waals surface area contributed by atoms with Crippen molar-refractivity contribution in [3.05, 3.63) is 35.6 Å². The highest BCUT2D eigenvalue weighted by Crippen LogP contribution is 2.23. The van der Waals surface area contributed by atoms with Crippen LogP contribution in [0, 0.1) is 5.82 Å². The molecular weight excluding hydrogens is 185 g/mol. The van der Waals surface area contributed by atoms with Crippen molar-refractivity contribution in [1.29, 1.82) is 0 Å². The number of nitrogens with zero attached hydrogens (tertiary/aromatic N) is 1. The van der Waals surface area contributed by atoms with Gasteiger partial charge in [0.15, 0.2) is 0 Å². The van der Waals surface area contributed by atoms with E-state index >= 15 is 0 Å². The van der Waals surface area contributed by atoms with Crippen molar-refractivity contribution in [3.63, 3.8) is 0 Å². The zero-order valence-electron chi connectivity index (χ0n) is 7.70. The van der Waals surface area contributed by atoms with Crippen LogP contribution in [-0.2, 0) is 4.84 Å². The lowest BCUT2D eigenvalue weighted by molar-refractivity contribution is -0.170. The fourth-order valence-electron chi connectivity index (χ4n) is 1.33. The summed E-state index contributed by atoms with van der Waals surface area (Å²) in [5.41, 5.74) is 1.40. The number of hydrogen-bond donors (Lipinski definition) is 1. The predicted octanol–water partition coefficient (Wildman–Crippen LogP) is 1.66. The van der Waals surface area contributed by atoms with Crippen LogP contribution in [0.1, 0.15) is 18.9 Å². The molecule has 1 aromatic carbocycles. The zero-order chi connectivity index (χ0) is 10.2. The third-order valence-electron chi connectivity index (χ3n) is 2.03. The molecule has 74 valence electrons. The first-order chi connectivity index (χ1) is 6.57. The molecule has 1 unspecified atom stereocenters. The van der Waals surface area contributed by atoms with Gasteiger partial charge >= 0.3 is 0 Å². The van der Waals surface area contributed by atoms with Gasteiger partial charge in [-0.3, -0.25) is 0 Å². The Morgan fingerprint density at radius 2 is 2.07 bits per heavy atom. The second-order valence-corrected chi connectivity index (χ2v) is 3.49. The first kappa shape index (κ1) is 9.15. The molecule has 4 heteroatoms. The Bertz CT molecular complexity index is 370. The fraction of sp³-hybridized carbons (Fsp3) is 0.300. The number of hydrogen-bond acceptors (Lipinski definition) is 3. The van der Waals surface area contributed by atoms with Gasteiger partial charge in [-0.05, 0) is 17.7 Å². The lowest BCUT2D eigenvalue weighted by Crippen LogP contribution is -2.23. The highest BCUT2D eigenvalue weighted by molar-refractivity contribution is 6.01. The second kappa shape index (κ2) is 3.06. The maximum atomic E-state index is 12.6. The van der Waals surface area contributed by atoms with Crippen molar-refractivity contribution in [3.8, 4) is 0 Å². The summed E-state index contributed by atoms with van der Waals surface area (Å²) in [5, 5.41) is 13.2. The summed E-state index contributed by atoms with van der Waals surface area (Å²) in [4.78, 5) is 4.79. The van der Waals surface area contributed by atoms with E-state index in [1.165, 1.54) is 19.1 Å². The molecule has 0 amide bonds. The fourth-order valence-corrected chi connectivity index (χ4v) is 1.33. The van der Waals surface area contributed by atoms with Crippen molar-refractivity contribution in [2.24, 2.45) is 5.16 Å². The quantitative estimate of drug-likeness (QED) is 0.740. The first-order valence-corrected chi connectivity index (χ1v) is 4.30. The van der Waals surface area contributed by atoms with Crippen molar-refractivity contribution in [2.45, 2.75) is 19.1 Å². The molecule has 1 aromatic rings. The number of aliphatic hydroxyl groups is 1. The molecule has 2 rings (SSSR count). The number of benzene rings is 1. The highest BCUT2D eigenvalue weighted by atomic mass is 19.1. The van der Waals surface area contributed by atoms with Crippen LogP contribution in [0.3, 0.4) is 0 Å². The Hall–Kier alpha value is -1.42. The van der Waals surface area contributed by atoms with Crippen LogP contribution in [0.5, 0.6) is 0 Å². The largest absolute Gasteiger partial charge is 0.360 e. The molecular formula is C10H10FNO2. The molecule has 1 atom stereocenters. The van der Waals surface area contributed by atoms with E-state index in [2.05, 4.69) is 5.16 Å². The van der Waals surface area contributed by atoms with E-state index < -0.39 is 5.79 Å². The molecule has 0 fully saturated rings. The van der Waals surface area contributed by atoms with E-state index in [-0.39, 0.29) is 5.82 Å². The van der Waals surface area contributed by atoms with Crippen LogP contribution in [0.25, 0.3) is 0 Å². The Labute approximate surface area is 80.8 Å². The number of halogens is 1. The average molecular weight is 195 g/mol. The van der Waals surface area contributed by atoms with Gasteiger partial charge in [-0.1, -0.05) is 17.3 Å². The third kappa shape index (κ3) is 1.75. The maximum absolute atomic E-state index is 12.6. The molecule has 1 N–H and O–H groups in total. The van der Waals surface area contributed by atoms with E-state index in [9.17, 15) is 9.50 Å². The molecule has 14 heavy (non-hydrogen) atoms. The summed E-state index contributed by atoms with van der Waals surface area (Å²) in [5.74, 6) is -1.52. The Morgan fingerprint density at radius 3 is 2.57 bits per heavy atom. The molecule has 3 nitrogen and oxygen atoms in total. The highest BCUT2D eigenvalue weighted by Gasteiger charge is 2.31. The monoisotopic (exact) mass is 195 g/mol. The minimum atomic E-state index is -1.23. The minimum Gasteiger partial charge on any atom is -0.360 e. The average Bonchev–Trinajstić information content (AvgIpc) is 2.47. The van der Waals surface area contributed by atoms with Crippen LogP contribution < -0.4 is 0 Å². The van der Waals surface area contributed by atoms with Gasteiger partial charge in [0, 0.05) is 6.92 Å². The topological polar surface area (TPSA) is 41.8 Å². The summed E-state index contributed by atoms with van der Waals surface area (Å²) in [7, 11) is 0. The van der Waals surface area contributed by atoms with E-state index in [1.807, 2.05) is 0 Å². The summed E-state index contributed by atoms with van der Waals surface area (Å²) >= 11 is 0. The molecule has 0 saturated heterocycles. The lowest BCUT2D eigenvalue weighted by Gasteiger charge is -2.11. The lowest BCUT2D eigenvalue weighted by atomic mass is 10.0. The Balaban J connectivity index is 2.22. The number of oxime groups is 1. The zero-order valence-corrected chi connectivity index (χ0v) is 7.70. The molecule has 0 aromatic heterocycles. The predicted molar refractivity (Wildman–Crippen MR) is 49.3 cm³/mol. The maximum Gasteiger partial charge on any atom is 0.237 e. The van der Waals surface area contributed by atoms with E-state index in [1.54, 1.807) is 12.1 Å². The van der Waals surface area contributed by atoms with Gasteiger partial charge in [0.1, 0.15) is 5.82 Å². The van der Waals surface area contributed by atoms with Gasteiger partial charge in [-0.2, -0.15) is 0 Å². The standard InChI is InChI=1S/C10H10FNO2/c1-10(13)6-9(12-14-10)7-2-4-8(11)5-3-7/h2-5,13H,6H2,1H3. The van der Waals surface area contributed by atoms with Gasteiger partial charge in [-0.25, -0.2) is 4.39 Å². The third-order valence-corrected chi connectivity index (χ3v) is 2.03. The van der Waals surface area contributed by atoms with E-state index in [4.69, 9.17) is 4.84 Å². The smallest absolute Gasteiger partial charge is 0.237 e. The summed E-state index contributed by atoms with van der Waals surface area (Å²) in [6.07, 6.45) is 0.318. The summed E-state index contributed by atoms with van der Waals surface area (Å²) < 4.78 is 12.6. The van der Waals surface area contributed by atoms with Crippen molar-refractivity contribution < 1.29 is 14.3 Å². The van der Waals surface area contributed by atoms with Gasteiger partial charge in [0.05, 0.1) is 12.1 Å². The Morgan fingerprint density at radius 1 is 1.43 bits per heavy atom. The van der Waals surface area contributed by atoms with Crippen molar-refractivity contribution >= 4 is 5.71 Å². The van der Waals surface area contributed by atoms with Gasteiger partial charge in [0.2, 0.25) is 5.79 Å². The van der Waals surface area contributed by atoms with Gasteiger partial charge in [-0.15, -0.1) is 0 Å². The van der Waals surface area contributed by atoms with Crippen molar-refractivity contribution in [1.82, 2.24) is 0 Å². The molecule has 0 bridgehead atoms. The molecule has 1 aliphatic rings. The normalized spacial score (nSPS) is 25.8. The SMILES string of the molecule is CC1(O)CC(c2ccc(F)cc2)=NO1. The molecule has 0 saturated carbocycles.